The van der Waals surface area contributed by atoms with E-state index in [1.165, 1.54) is 11.1 Å². The maximum Gasteiger partial charge on any atom is 0.159 e. The Hall–Kier alpha value is -2.68. The van der Waals surface area contributed by atoms with Gasteiger partial charge in [0, 0.05) is 24.5 Å². The molecule has 0 fully saturated rings. The average molecular weight is 348 g/mol. The van der Waals surface area contributed by atoms with Crippen LogP contribution in [0.3, 0.4) is 0 Å². The number of ether oxygens (including phenoxy) is 1. The van der Waals surface area contributed by atoms with Crippen LogP contribution in [-0.4, -0.2) is 11.6 Å². The number of rotatable bonds is 6. The Kier molecular flexibility index (Phi) is 6.00. The molecular weight excluding hydrogens is 324 g/mol. The van der Waals surface area contributed by atoms with Gasteiger partial charge in [0.25, 0.3) is 0 Å². The minimum absolute atomic E-state index is 0.107. The number of hydrogen-bond acceptors (Lipinski definition) is 3. The zero-order valence-electron chi connectivity index (χ0n) is 15.2. The van der Waals surface area contributed by atoms with Crippen LogP contribution < -0.4 is 4.74 Å². The lowest BCUT2D eigenvalue weighted by atomic mass is 9.96. The van der Waals surface area contributed by atoms with Crippen LogP contribution >= 0.6 is 0 Å². The van der Waals surface area contributed by atoms with Crippen LogP contribution in [0.5, 0.6) is 5.75 Å². The summed E-state index contributed by atoms with van der Waals surface area (Å²) in [5.41, 5.74) is 3.39. The molecule has 0 radical (unpaired) electrons. The Balaban J connectivity index is 1.75. The molecular formula is C23H24O3. The molecule has 0 unspecified atom stereocenters. The number of hydrogen-bond donors (Lipinski definition) is 0. The van der Waals surface area contributed by atoms with E-state index in [4.69, 9.17) is 4.74 Å². The van der Waals surface area contributed by atoms with Crippen molar-refractivity contribution in [2.75, 3.05) is 0 Å². The number of aryl methyl sites for hydroxylation is 2. The van der Waals surface area contributed by atoms with Gasteiger partial charge in [-0.1, -0.05) is 36.4 Å². The molecule has 134 valence electrons. The second-order valence-electron chi connectivity index (χ2n) is 6.79. The number of carbonyl (C=O) groups is 2. The Morgan fingerprint density at radius 3 is 2.58 bits per heavy atom. The summed E-state index contributed by atoms with van der Waals surface area (Å²) in [6.07, 6.45) is 6.29. The smallest absolute Gasteiger partial charge is 0.159 e. The normalized spacial score (nSPS) is 14.0. The predicted octanol–water partition coefficient (Wildman–Crippen LogP) is 4.92. The number of carbonyl (C=O) groups excluding carboxylic acids is 2. The molecule has 3 heteroatoms. The van der Waals surface area contributed by atoms with Gasteiger partial charge < -0.3 is 9.53 Å². The van der Waals surface area contributed by atoms with Gasteiger partial charge in [-0.15, -0.1) is 0 Å². The first kappa shape index (κ1) is 18.1. The Morgan fingerprint density at radius 1 is 1.04 bits per heavy atom. The van der Waals surface area contributed by atoms with Gasteiger partial charge in [0.15, 0.2) is 5.78 Å². The summed E-state index contributed by atoms with van der Waals surface area (Å²) in [4.78, 5) is 23.1. The molecule has 0 N–H and O–H groups in total. The van der Waals surface area contributed by atoms with Crippen molar-refractivity contribution in [3.8, 4) is 5.75 Å². The molecule has 0 heterocycles. The van der Waals surface area contributed by atoms with Crippen molar-refractivity contribution in [3.05, 3.63) is 71.3 Å². The summed E-state index contributed by atoms with van der Waals surface area (Å²) in [6.45, 7) is 1.62. The molecule has 0 spiro atoms. The first-order valence-corrected chi connectivity index (χ1v) is 9.21. The van der Waals surface area contributed by atoms with E-state index in [2.05, 4.69) is 6.07 Å². The second kappa shape index (κ2) is 8.61. The average Bonchev–Trinajstić information content (AvgIpc) is 2.61. The molecule has 26 heavy (non-hydrogen) atoms. The second-order valence-corrected chi connectivity index (χ2v) is 6.79. The van der Waals surface area contributed by atoms with Crippen LogP contribution in [-0.2, 0) is 22.4 Å². The number of benzene rings is 2. The molecule has 2 aromatic carbocycles. The van der Waals surface area contributed by atoms with Gasteiger partial charge in [-0.25, -0.2) is 0 Å². The first-order chi connectivity index (χ1) is 12.6. The molecule has 2 aromatic rings. The lowest BCUT2D eigenvalue weighted by Gasteiger charge is -2.16. The molecule has 1 aliphatic carbocycles. The Labute approximate surface area is 154 Å². The highest BCUT2D eigenvalue weighted by molar-refractivity contribution is 5.96. The highest BCUT2D eigenvalue weighted by Gasteiger charge is 2.15. The third-order valence-corrected chi connectivity index (χ3v) is 4.59. The quantitative estimate of drug-likeness (QED) is 0.744. The van der Waals surface area contributed by atoms with E-state index in [1.807, 2.05) is 42.5 Å². The maximum atomic E-state index is 12.1. The maximum absolute atomic E-state index is 12.1. The topological polar surface area (TPSA) is 43.4 Å². The fourth-order valence-electron chi connectivity index (χ4n) is 3.20. The molecule has 0 bridgehead atoms. The van der Waals surface area contributed by atoms with Crippen molar-refractivity contribution in [2.45, 2.75) is 45.4 Å². The highest BCUT2D eigenvalue weighted by atomic mass is 16.5. The van der Waals surface area contributed by atoms with Crippen LogP contribution in [0.15, 0.2) is 54.6 Å². The monoisotopic (exact) mass is 348 g/mol. The SMILES string of the molecule is CC(=O)CCCc1ccc(OC2=CC(=O)CCCc3ccccc32)cc1. The van der Waals surface area contributed by atoms with Gasteiger partial charge in [-0.05, 0) is 55.9 Å². The van der Waals surface area contributed by atoms with Crippen LogP contribution in [0.1, 0.15) is 49.3 Å². The zero-order chi connectivity index (χ0) is 18.4. The van der Waals surface area contributed by atoms with E-state index in [-0.39, 0.29) is 11.6 Å². The third-order valence-electron chi connectivity index (χ3n) is 4.59. The summed E-state index contributed by atoms with van der Waals surface area (Å²) in [6, 6.07) is 16.0. The van der Waals surface area contributed by atoms with E-state index < -0.39 is 0 Å². The number of allylic oxidation sites excluding steroid dienone is 1. The van der Waals surface area contributed by atoms with Gasteiger partial charge in [0.05, 0.1) is 0 Å². The van der Waals surface area contributed by atoms with Crippen molar-refractivity contribution in [1.29, 1.82) is 0 Å². The molecule has 0 amide bonds. The zero-order valence-corrected chi connectivity index (χ0v) is 15.2. The van der Waals surface area contributed by atoms with E-state index in [1.54, 1.807) is 13.0 Å². The lowest BCUT2D eigenvalue weighted by Crippen LogP contribution is -2.07. The van der Waals surface area contributed by atoms with Gasteiger partial charge in [0.1, 0.15) is 17.3 Å². The molecule has 1 aliphatic rings. The number of ketones is 2. The fraction of sp³-hybridized carbons (Fsp3) is 0.304. The minimum Gasteiger partial charge on any atom is -0.457 e. The molecule has 0 aromatic heterocycles. The van der Waals surface area contributed by atoms with Crippen molar-refractivity contribution >= 4 is 17.3 Å². The van der Waals surface area contributed by atoms with Crippen molar-refractivity contribution in [2.24, 2.45) is 0 Å². The van der Waals surface area contributed by atoms with Crippen molar-refractivity contribution in [3.63, 3.8) is 0 Å². The van der Waals surface area contributed by atoms with Gasteiger partial charge >= 0.3 is 0 Å². The van der Waals surface area contributed by atoms with E-state index >= 15 is 0 Å². The Bertz CT molecular complexity index is 816. The molecule has 3 nitrogen and oxygen atoms in total. The highest BCUT2D eigenvalue weighted by Crippen LogP contribution is 2.27. The number of Topliss-reactive ketones (excluding diaryl/α,β-unsaturated/α-hetero) is 1. The van der Waals surface area contributed by atoms with E-state index in [9.17, 15) is 9.59 Å². The standard InChI is InChI=1S/C23H24O3/c1-17(24)6-4-7-18-12-14-21(15-13-18)26-23-16-20(25)10-5-9-19-8-2-3-11-22(19)23/h2-3,8,11-16H,4-7,9-10H2,1H3. The van der Waals surface area contributed by atoms with Crippen LogP contribution in [0.2, 0.25) is 0 Å². The summed E-state index contributed by atoms with van der Waals surface area (Å²) >= 11 is 0. The van der Waals surface area contributed by atoms with E-state index in [0.29, 0.717) is 18.6 Å². The lowest BCUT2D eigenvalue weighted by molar-refractivity contribution is -0.117. The van der Waals surface area contributed by atoms with Crippen LogP contribution in [0.4, 0.5) is 0 Å². The number of fused-ring (bicyclic) bond motifs is 1. The van der Waals surface area contributed by atoms with Crippen LogP contribution in [0, 0.1) is 0 Å². The molecule has 0 saturated carbocycles. The first-order valence-electron chi connectivity index (χ1n) is 9.21. The Morgan fingerprint density at radius 2 is 1.81 bits per heavy atom. The fourth-order valence-corrected chi connectivity index (χ4v) is 3.20. The molecule has 0 saturated heterocycles. The van der Waals surface area contributed by atoms with Crippen LogP contribution in [0.25, 0.3) is 5.76 Å². The predicted molar refractivity (Wildman–Crippen MR) is 103 cm³/mol. The third kappa shape index (κ3) is 4.92. The van der Waals surface area contributed by atoms with Gasteiger partial charge in [-0.2, -0.15) is 0 Å². The summed E-state index contributed by atoms with van der Waals surface area (Å²) in [5.74, 6) is 1.67. The van der Waals surface area contributed by atoms with Gasteiger partial charge in [-0.3, -0.25) is 4.79 Å². The van der Waals surface area contributed by atoms with E-state index in [0.717, 1.165) is 37.0 Å². The van der Waals surface area contributed by atoms with Gasteiger partial charge in [0.2, 0.25) is 0 Å². The molecule has 0 atom stereocenters. The largest absolute Gasteiger partial charge is 0.457 e. The van der Waals surface area contributed by atoms with Crippen molar-refractivity contribution < 1.29 is 14.3 Å². The molecule has 0 aliphatic heterocycles. The molecule has 3 rings (SSSR count). The summed E-state index contributed by atoms with van der Waals surface area (Å²) in [5, 5.41) is 0. The summed E-state index contributed by atoms with van der Waals surface area (Å²) in [7, 11) is 0. The minimum atomic E-state index is 0.107. The van der Waals surface area contributed by atoms with Crippen molar-refractivity contribution in [1.82, 2.24) is 0 Å². The summed E-state index contributed by atoms with van der Waals surface area (Å²) < 4.78 is 6.07.